The van der Waals surface area contributed by atoms with Gasteiger partial charge in [0, 0.05) is 44.4 Å². The van der Waals surface area contributed by atoms with E-state index in [-0.39, 0.29) is 11.3 Å². The third-order valence-electron chi connectivity index (χ3n) is 4.89. The molecule has 1 fully saturated rings. The van der Waals surface area contributed by atoms with Crippen LogP contribution < -0.4 is 5.56 Å². The zero-order valence-corrected chi connectivity index (χ0v) is 17.8. The van der Waals surface area contributed by atoms with Crippen LogP contribution in [-0.2, 0) is 16.6 Å². The zero-order valence-electron chi connectivity index (χ0n) is 16.2. The first kappa shape index (κ1) is 20.1. The highest BCUT2D eigenvalue weighted by Gasteiger charge is 2.26. The third kappa shape index (κ3) is 4.40. The van der Waals surface area contributed by atoms with Crippen molar-refractivity contribution in [2.75, 3.05) is 31.9 Å². The summed E-state index contributed by atoms with van der Waals surface area (Å²) < 4.78 is 27.3. The molecule has 29 heavy (non-hydrogen) atoms. The largest absolute Gasteiger partial charge is 0.295 e. The second-order valence-electron chi connectivity index (χ2n) is 7.04. The van der Waals surface area contributed by atoms with Gasteiger partial charge in [-0.3, -0.25) is 9.69 Å². The Morgan fingerprint density at radius 3 is 2.52 bits per heavy atom. The van der Waals surface area contributed by atoms with Gasteiger partial charge in [0.2, 0.25) is 15.0 Å². The summed E-state index contributed by atoms with van der Waals surface area (Å²) in [4.78, 5) is 19.8. The van der Waals surface area contributed by atoms with Gasteiger partial charge in [-0.25, -0.2) is 13.4 Å². The van der Waals surface area contributed by atoms with Crippen molar-refractivity contribution in [1.82, 2.24) is 23.8 Å². The van der Waals surface area contributed by atoms with Gasteiger partial charge in [-0.05, 0) is 6.42 Å². The van der Waals surface area contributed by atoms with Crippen molar-refractivity contribution in [3.63, 3.8) is 0 Å². The maximum absolute atomic E-state index is 12.5. The Bertz CT molecular complexity index is 1150. The molecule has 154 valence electrons. The van der Waals surface area contributed by atoms with Gasteiger partial charge >= 0.3 is 0 Å². The Morgan fingerprint density at radius 1 is 1.10 bits per heavy atom. The highest BCUT2D eigenvalue weighted by Crippen LogP contribution is 2.24. The lowest BCUT2D eigenvalue weighted by atomic mass is 10.2. The lowest BCUT2D eigenvalue weighted by Gasteiger charge is -2.33. The van der Waals surface area contributed by atoms with Crippen molar-refractivity contribution in [3.05, 3.63) is 52.4 Å². The van der Waals surface area contributed by atoms with Crippen LogP contribution in [0, 0.1) is 0 Å². The first-order chi connectivity index (χ1) is 14.0. The molecular weight excluding hydrogens is 410 g/mol. The Balaban J connectivity index is 1.49. The Morgan fingerprint density at radius 2 is 1.83 bits per heavy atom. The first-order valence-corrected chi connectivity index (χ1v) is 12.0. The van der Waals surface area contributed by atoms with Crippen molar-refractivity contribution < 1.29 is 8.42 Å². The molecule has 0 unspecified atom stereocenters. The lowest BCUT2D eigenvalue weighted by Crippen LogP contribution is -2.48. The standard InChI is InChI=1S/C19H23N5O3S2/c1-2-12-29(26,27)23-10-8-22(9-11-23)14-16-13-17(25)24-19(20-16)28-18(21-24)15-6-4-3-5-7-15/h3-7,13H,2,8-12,14H2,1H3. The highest BCUT2D eigenvalue weighted by molar-refractivity contribution is 7.89. The number of aromatic nitrogens is 3. The minimum Gasteiger partial charge on any atom is -0.295 e. The van der Waals surface area contributed by atoms with Gasteiger partial charge in [-0.2, -0.15) is 13.9 Å². The van der Waals surface area contributed by atoms with Crippen molar-refractivity contribution in [1.29, 1.82) is 0 Å². The van der Waals surface area contributed by atoms with E-state index in [4.69, 9.17) is 0 Å². The van der Waals surface area contributed by atoms with E-state index in [0.29, 0.717) is 49.8 Å². The van der Waals surface area contributed by atoms with Crippen molar-refractivity contribution >= 4 is 26.3 Å². The molecule has 0 N–H and O–H groups in total. The van der Waals surface area contributed by atoms with Gasteiger partial charge in [0.05, 0.1) is 11.4 Å². The van der Waals surface area contributed by atoms with Crippen LogP contribution in [0.4, 0.5) is 0 Å². The van der Waals surface area contributed by atoms with Crippen LogP contribution in [0.1, 0.15) is 19.0 Å². The fourth-order valence-electron chi connectivity index (χ4n) is 3.42. The number of nitrogens with zero attached hydrogens (tertiary/aromatic N) is 5. The number of fused-ring (bicyclic) bond motifs is 1. The van der Waals surface area contributed by atoms with Crippen molar-refractivity contribution in [2.45, 2.75) is 19.9 Å². The highest BCUT2D eigenvalue weighted by atomic mass is 32.2. The van der Waals surface area contributed by atoms with Crippen LogP contribution in [-0.4, -0.2) is 64.2 Å². The number of hydrogen-bond acceptors (Lipinski definition) is 7. The van der Waals surface area contributed by atoms with E-state index in [9.17, 15) is 13.2 Å². The van der Waals surface area contributed by atoms with Crippen LogP contribution in [0.2, 0.25) is 0 Å². The van der Waals surface area contributed by atoms with Gasteiger partial charge < -0.3 is 0 Å². The van der Waals surface area contributed by atoms with Gasteiger partial charge in [0.25, 0.3) is 5.56 Å². The Kier molecular flexibility index (Phi) is 5.77. The molecule has 0 spiro atoms. The molecule has 0 aliphatic carbocycles. The summed E-state index contributed by atoms with van der Waals surface area (Å²) in [6.07, 6.45) is 0.621. The van der Waals surface area contributed by atoms with Gasteiger partial charge in [0.15, 0.2) is 0 Å². The number of hydrogen-bond donors (Lipinski definition) is 0. The number of rotatable bonds is 6. The number of benzene rings is 1. The van der Waals surface area contributed by atoms with Crippen molar-refractivity contribution in [2.24, 2.45) is 0 Å². The molecule has 0 radical (unpaired) electrons. The number of sulfonamides is 1. The van der Waals surface area contributed by atoms with E-state index in [0.717, 1.165) is 10.6 Å². The lowest BCUT2D eigenvalue weighted by molar-refractivity contribution is 0.180. The third-order valence-corrected chi connectivity index (χ3v) is 7.92. The molecule has 2 aromatic heterocycles. The van der Waals surface area contributed by atoms with Gasteiger partial charge in [0.1, 0.15) is 5.01 Å². The predicted molar refractivity (Wildman–Crippen MR) is 113 cm³/mol. The average Bonchev–Trinajstić information content (AvgIpc) is 3.14. The fraction of sp³-hybridized carbons (Fsp3) is 0.421. The summed E-state index contributed by atoms with van der Waals surface area (Å²) in [5.41, 5.74) is 1.43. The smallest absolute Gasteiger partial charge is 0.275 e. The van der Waals surface area contributed by atoms with Crippen LogP contribution in [0.25, 0.3) is 15.5 Å². The van der Waals surface area contributed by atoms with Gasteiger partial charge in [-0.15, -0.1) is 0 Å². The fourth-order valence-corrected chi connectivity index (χ4v) is 5.84. The van der Waals surface area contributed by atoms with E-state index < -0.39 is 10.0 Å². The summed E-state index contributed by atoms with van der Waals surface area (Å²) >= 11 is 1.38. The molecule has 0 bridgehead atoms. The quantitative estimate of drug-likeness (QED) is 0.588. The first-order valence-electron chi connectivity index (χ1n) is 9.61. The van der Waals surface area contributed by atoms with E-state index in [1.54, 1.807) is 4.31 Å². The molecular formula is C19H23N5O3S2. The Labute approximate surface area is 173 Å². The van der Waals surface area contributed by atoms with Crippen LogP contribution in [0.15, 0.2) is 41.2 Å². The zero-order chi connectivity index (χ0) is 20.4. The Hall–Kier alpha value is -2.14. The average molecular weight is 434 g/mol. The summed E-state index contributed by atoms with van der Waals surface area (Å²) in [6.45, 7) is 4.59. The summed E-state index contributed by atoms with van der Waals surface area (Å²) in [5, 5.41) is 5.15. The van der Waals surface area contributed by atoms with E-state index >= 15 is 0 Å². The second kappa shape index (κ2) is 8.31. The maximum Gasteiger partial charge on any atom is 0.275 e. The monoisotopic (exact) mass is 433 g/mol. The topological polar surface area (TPSA) is 87.9 Å². The van der Waals surface area contributed by atoms with E-state index in [1.165, 1.54) is 21.9 Å². The summed E-state index contributed by atoms with van der Waals surface area (Å²) in [7, 11) is -3.16. The van der Waals surface area contributed by atoms with Crippen LogP contribution in [0.3, 0.4) is 0 Å². The van der Waals surface area contributed by atoms with E-state index in [2.05, 4.69) is 15.0 Å². The van der Waals surface area contributed by atoms with Crippen molar-refractivity contribution in [3.8, 4) is 10.6 Å². The summed E-state index contributed by atoms with van der Waals surface area (Å²) in [6, 6.07) is 11.2. The van der Waals surface area contributed by atoms with Crippen LogP contribution >= 0.6 is 11.3 Å². The predicted octanol–water partition coefficient (Wildman–Crippen LogP) is 1.68. The molecule has 3 aromatic rings. The molecule has 4 rings (SSSR count). The molecule has 8 nitrogen and oxygen atoms in total. The molecule has 3 heterocycles. The SMILES string of the molecule is CCCS(=O)(=O)N1CCN(Cc2cc(=O)n3nc(-c4ccccc4)sc3n2)CC1. The second-order valence-corrected chi connectivity index (χ2v) is 10.1. The minimum atomic E-state index is -3.16. The summed E-state index contributed by atoms with van der Waals surface area (Å²) in [5.74, 6) is 0.192. The molecule has 1 aliphatic heterocycles. The molecule has 0 saturated carbocycles. The van der Waals surface area contributed by atoms with E-state index in [1.807, 2.05) is 37.3 Å². The molecule has 1 aliphatic rings. The molecule has 0 atom stereocenters. The van der Waals surface area contributed by atoms with Gasteiger partial charge in [-0.1, -0.05) is 48.6 Å². The molecule has 10 heteroatoms. The maximum atomic E-state index is 12.5. The normalized spacial score (nSPS) is 16.4. The molecule has 0 amide bonds. The molecule has 1 saturated heterocycles. The minimum absolute atomic E-state index is 0.192. The number of piperazine rings is 1. The molecule has 1 aromatic carbocycles. The van der Waals surface area contributed by atoms with Crippen LogP contribution in [0.5, 0.6) is 0 Å².